The molecule has 1 aromatic heterocycles. The van der Waals surface area contributed by atoms with E-state index in [1.165, 1.54) is 10.9 Å². The van der Waals surface area contributed by atoms with Crippen molar-refractivity contribution < 1.29 is 9.53 Å². The zero-order valence-corrected chi connectivity index (χ0v) is 21.0. The number of aryl methyl sites for hydroxylation is 1. The van der Waals surface area contributed by atoms with Gasteiger partial charge < -0.3 is 15.4 Å². The fraction of sp³-hybridized carbons (Fsp3) is 0.179. The first-order valence-corrected chi connectivity index (χ1v) is 12.0. The van der Waals surface area contributed by atoms with Gasteiger partial charge >= 0.3 is 0 Å². The van der Waals surface area contributed by atoms with Gasteiger partial charge in [0.15, 0.2) is 11.4 Å². The molecule has 0 aliphatic carbocycles. The summed E-state index contributed by atoms with van der Waals surface area (Å²) >= 11 is 6.33. The minimum absolute atomic E-state index is 0.149. The van der Waals surface area contributed by atoms with E-state index in [9.17, 15) is 9.59 Å². The summed E-state index contributed by atoms with van der Waals surface area (Å²) in [6, 6.07) is 21.4. The second-order valence-corrected chi connectivity index (χ2v) is 9.18. The van der Waals surface area contributed by atoms with Crippen molar-refractivity contribution in [2.24, 2.45) is 5.92 Å². The van der Waals surface area contributed by atoms with E-state index in [-0.39, 0.29) is 17.3 Å². The molecule has 7 nitrogen and oxygen atoms in total. The quantitative estimate of drug-likeness (QED) is 0.303. The number of nitrogens with one attached hydrogen (secondary N) is 2. The number of halogens is 1. The van der Waals surface area contributed by atoms with Gasteiger partial charge in [-0.1, -0.05) is 49.7 Å². The lowest BCUT2D eigenvalue weighted by Gasteiger charge is -2.15. The lowest BCUT2D eigenvalue weighted by atomic mass is 10.1. The van der Waals surface area contributed by atoms with Crippen LogP contribution in [0, 0.1) is 12.8 Å². The molecular weight excluding hydrogens is 476 g/mol. The van der Waals surface area contributed by atoms with Crippen molar-refractivity contribution in [2.75, 3.05) is 11.9 Å². The number of amides is 1. The van der Waals surface area contributed by atoms with Gasteiger partial charge in [0, 0.05) is 17.8 Å². The molecule has 1 amide bonds. The maximum absolute atomic E-state index is 13.6. The molecule has 2 N–H and O–H groups in total. The highest BCUT2D eigenvalue weighted by Crippen LogP contribution is 2.30. The van der Waals surface area contributed by atoms with Crippen LogP contribution in [0.15, 0.2) is 83.8 Å². The molecule has 0 unspecified atom stereocenters. The Hall–Kier alpha value is -4.10. The largest absolute Gasteiger partial charge is 0.453 e. The van der Waals surface area contributed by atoms with E-state index in [1.807, 2.05) is 39.0 Å². The lowest BCUT2D eigenvalue weighted by molar-refractivity contribution is 0.0949. The summed E-state index contributed by atoms with van der Waals surface area (Å²) in [6.07, 6.45) is 1.48. The Morgan fingerprint density at radius 3 is 2.50 bits per heavy atom. The summed E-state index contributed by atoms with van der Waals surface area (Å²) in [5.74, 6) is 1.04. The van der Waals surface area contributed by atoms with Crippen LogP contribution in [0.1, 0.15) is 29.8 Å². The minimum Gasteiger partial charge on any atom is -0.453 e. The van der Waals surface area contributed by atoms with E-state index >= 15 is 0 Å². The van der Waals surface area contributed by atoms with Crippen molar-refractivity contribution in [1.29, 1.82) is 0 Å². The van der Waals surface area contributed by atoms with Crippen LogP contribution in [0.5, 0.6) is 11.5 Å². The highest BCUT2D eigenvalue weighted by molar-refractivity contribution is 6.32. The molecule has 4 aromatic rings. The number of para-hydroxylation sites is 1. The first-order valence-electron chi connectivity index (χ1n) is 11.6. The molecule has 4 rings (SSSR count). The van der Waals surface area contributed by atoms with Gasteiger partial charge in [-0.05, 0) is 66.9 Å². The van der Waals surface area contributed by atoms with E-state index in [1.54, 1.807) is 54.6 Å². The average Bonchev–Trinajstić information content (AvgIpc) is 2.86. The first-order chi connectivity index (χ1) is 17.3. The number of rotatable bonds is 8. The second kappa shape index (κ2) is 11.1. The smallest absolute Gasteiger partial charge is 0.299 e. The Morgan fingerprint density at radius 1 is 1.06 bits per heavy atom. The molecule has 3 aromatic carbocycles. The highest BCUT2D eigenvalue weighted by Gasteiger charge is 2.17. The highest BCUT2D eigenvalue weighted by atomic mass is 35.5. The summed E-state index contributed by atoms with van der Waals surface area (Å²) in [5.41, 5.74) is 2.35. The van der Waals surface area contributed by atoms with Crippen LogP contribution in [0.4, 0.5) is 11.4 Å². The molecule has 0 fully saturated rings. The molecular formula is C28H27ClN4O3. The molecule has 0 spiro atoms. The maximum Gasteiger partial charge on any atom is 0.299 e. The van der Waals surface area contributed by atoms with Crippen molar-refractivity contribution in [3.8, 4) is 17.2 Å². The summed E-state index contributed by atoms with van der Waals surface area (Å²) in [4.78, 5) is 25.9. The molecule has 0 saturated heterocycles. The van der Waals surface area contributed by atoms with Gasteiger partial charge in [-0.15, -0.1) is 0 Å². The van der Waals surface area contributed by atoms with Gasteiger partial charge in [-0.3, -0.25) is 9.59 Å². The van der Waals surface area contributed by atoms with E-state index in [4.69, 9.17) is 16.3 Å². The monoisotopic (exact) mass is 502 g/mol. The van der Waals surface area contributed by atoms with Crippen LogP contribution in [0.25, 0.3) is 5.69 Å². The summed E-state index contributed by atoms with van der Waals surface area (Å²) < 4.78 is 7.27. The Kier molecular flexibility index (Phi) is 7.71. The molecule has 0 saturated carbocycles. The van der Waals surface area contributed by atoms with Crippen molar-refractivity contribution in [1.82, 2.24) is 15.1 Å². The molecule has 8 heteroatoms. The number of hydrogen-bond donors (Lipinski definition) is 2. The Morgan fingerprint density at radius 2 is 1.81 bits per heavy atom. The minimum atomic E-state index is -0.438. The zero-order valence-electron chi connectivity index (χ0n) is 20.3. The zero-order chi connectivity index (χ0) is 25.7. The lowest BCUT2D eigenvalue weighted by Crippen LogP contribution is -2.27. The second-order valence-electron chi connectivity index (χ2n) is 8.78. The molecule has 36 heavy (non-hydrogen) atoms. The van der Waals surface area contributed by atoms with Crippen molar-refractivity contribution >= 4 is 28.9 Å². The Balaban J connectivity index is 1.70. The summed E-state index contributed by atoms with van der Waals surface area (Å²) in [7, 11) is 0. The van der Waals surface area contributed by atoms with E-state index in [0.717, 1.165) is 5.56 Å². The third-order valence-electron chi connectivity index (χ3n) is 5.33. The van der Waals surface area contributed by atoms with Crippen LogP contribution in [-0.2, 0) is 0 Å². The molecule has 1 heterocycles. The molecule has 184 valence electrons. The average molecular weight is 503 g/mol. The Labute approximate surface area is 214 Å². The van der Waals surface area contributed by atoms with E-state index < -0.39 is 5.56 Å². The van der Waals surface area contributed by atoms with Gasteiger partial charge in [0.2, 0.25) is 0 Å². The van der Waals surface area contributed by atoms with Gasteiger partial charge in [0.25, 0.3) is 11.5 Å². The summed E-state index contributed by atoms with van der Waals surface area (Å²) in [5, 5.41) is 10.7. The van der Waals surface area contributed by atoms with Gasteiger partial charge in [0.05, 0.1) is 16.9 Å². The number of carbonyl (C=O) groups is 1. The Bertz CT molecular complexity index is 1430. The maximum atomic E-state index is 13.6. The number of anilines is 2. The van der Waals surface area contributed by atoms with E-state index in [0.29, 0.717) is 40.2 Å². The van der Waals surface area contributed by atoms with E-state index in [2.05, 4.69) is 15.7 Å². The molecule has 0 atom stereocenters. The topological polar surface area (TPSA) is 85.2 Å². The van der Waals surface area contributed by atoms with Crippen LogP contribution >= 0.6 is 11.6 Å². The van der Waals surface area contributed by atoms with Gasteiger partial charge in [-0.2, -0.15) is 9.78 Å². The third-order valence-corrected chi connectivity index (χ3v) is 5.65. The third kappa shape index (κ3) is 5.93. The molecule has 0 radical (unpaired) electrons. The van der Waals surface area contributed by atoms with Crippen LogP contribution in [0.2, 0.25) is 5.02 Å². The first kappa shape index (κ1) is 25.0. The SMILES string of the molecule is Cc1cccc(Oc2cnn(-c3ccccc3Cl)c(=O)c2Nc2ccc(C(=O)NCC(C)C)cc2)c1. The standard InChI is InChI=1S/C28H27ClN4O3/c1-18(2)16-30-27(34)20-11-13-21(14-12-20)32-26-25(36-22-8-6-7-19(3)15-22)17-31-33(28(26)35)24-10-5-4-9-23(24)29/h4-15,17-18,32H,16H2,1-3H3,(H,30,34). The predicted molar refractivity (Wildman–Crippen MR) is 143 cm³/mol. The summed E-state index contributed by atoms with van der Waals surface area (Å²) in [6.45, 7) is 6.62. The number of hydrogen-bond acceptors (Lipinski definition) is 5. The molecule has 0 aliphatic rings. The van der Waals surface area contributed by atoms with Crippen LogP contribution < -0.4 is 20.9 Å². The van der Waals surface area contributed by atoms with Crippen molar-refractivity contribution in [3.05, 3.63) is 105 Å². The predicted octanol–water partition coefficient (Wildman–Crippen LogP) is 6.12. The van der Waals surface area contributed by atoms with Gasteiger partial charge in [-0.25, -0.2) is 0 Å². The van der Waals surface area contributed by atoms with Crippen molar-refractivity contribution in [2.45, 2.75) is 20.8 Å². The number of nitrogens with zero attached hydrogens (tertiary/aromatic N) is 2. The normalized spacial score (nSPS) is 10.8. The number of carbonyl (C=O) groups excluding carboxylic acids is 1. The van der Waals surface area contributed by atoms with Crippen LogP contribution in [0.3, 0.4) is 0 Å². The fourth-order valence-electron chi connectivity index (χ4n) is 3.48. The molecule has 0 aliphatic heterocycles. The molecule has 0 bridgehead atoms. The number of ether oxygens (including phenoxy) is 1. The van der Waals surface area contributed by atoms with Crippen LogP contribution in [-0.4, -0.2) is 22.2 Å². The van der Waals surface area contributed by atoms with Gasteiger partial charge in [0.1, 0.15) is 5.75 Å². The number of benzene rings is 3. The fourth-order valence-corrected chi connectivity index (χ4v) is 3.70. The van der Waals surface area contributed by atoms with Crippen molar-refractivity contribution in [3.63, 3.8) is 0 Å². The number of aromatic nitrogens is 2.